The average Bonchev–Trinajstić information content (AvgIpc) is 3.15. The second kappa shape index (κ2) is 7.94. The summed E-state index contributed by atoms with van der Waals surface area (Å²) in [5.74, 6) is 2.20. The van der Waals surface area contributed by atoms with Crippen LogP contribution in [0, 0.1) is 0 Å². The fraction of sp³-hybridized carbons (Fsp3) is 0.389. The second-order valence-corrected chi connectivity index (χ2v) is 5.84. The Hall–Kier alpha value is -2.67. The number of carbonyl (C=O) groups excluding carboxylic acids is 1. The molecule has 0 aliphatic carbocycles. The Kier molecular flexibility index (Phi) is 5.45. The maximum atomic E-state index is 12.5. The van der Waals surface area contributed by atoms with Crippen LogP contribution < -0.4 is 14.8 Å². The molecule has 2 aromatic rings. The zero-order valence-corrected chi connectivity index (χ0v) is 14.5. The van der Waals surface area contributed by atoms with Crippen LogP contribution in [0.15, 0.2) is 41.0 Å². The molecule has 7 nitrogen and oxygen atoms in total. The third kappa shape index (κ3) is 4.24. The topological polar surface area (TPSA) is 67.2 Å². The summed E-state index contributed by atoms with van der Waals surface area (Å²) in [5.41, 5.74) is 0.631. The summed E-state index contributed by atoms with van der Waals surface area (Å²) in [7, 11) is 3.16. The van der Waals surface area contributed by atoms with Gasteiger partial charge in [-0.25, -0.2) is 4.79 Å². The minimum atomic E-state index is -0.124. The highest BCUT2D eigenvalue weighted by molar-refractivity contribution is 5.91. The van der Waals surface area contributed by atoms with Gasteiger partial charge in [-0.1, -0.05) is 0 Å². The number of urea groups is 1. The molecule has 1 aliphatic heterocycles. The molecule has 1 aromatic carbocycles. The Bertz CT molecular complexity index is 694. The smallest absolute Gasteiger partial charge is 0.322 e. The first-order chi connectivity index (χ1) is 12.2. The highest BCUT2D eigenvalue weighted by Gasteiger charge is 2.22. The Morgan fingerprint density at radius 1 is 1.16 bits per heavy atom. The lowest BCUT2D eigenvalue weighted by Crippen LogP contribution is -2.49. The van der Waals surface area contributed by atoms with E-state index in [1.165, 1.54) is 0 Å². The summed E-state index contributed by atoms with van der Waals surface area (Å²) >= 11 is 0. The van der Waals surface area contributed by atoms with E-state index in [9.17, 15) is 4.79 Å². The van der Waals surface area contributed by atoms with E-state index in [0.29, 0.717) is 30.3 Å². The molecular formula is C18H23N3O4. The summed E-state index contributed by atoms with van der Waals surface area (Å²) in [6.07, 6.45) is 1.68. The molecule has 0 saturated carbocycles. The standard InChI is InChI=1S/C18H23N3O4/c1-23-14-5-6-16(17(12-14)24-2)19-18(22)21-9-7-20(8-10-21)13-15-4-3-11-25-15/h3-6,11-12H,7-10,13H2,1-2H3,(H,19,22). The van der Waals surface area contributed by atoms with Crippen LogP contribution in [0.4, 0.5) is 10.5 Å². The van der Waals surface area contributed by atoms with Gasteiger partial charge in [-0.2, -0.15) is 0 Å². The van der Waals surface area contributed by atoms with Crippen molar-refractivity contribution >= 4 is 11.7 Å². The lowest BCUT2D eigenvalue weighted by atomic mass is 10.2. The molecule has 25 heavy (non-hydrogen) atoms. The zero-order valence-electron chi connectivity index (χ0n) is 14.5. The van der Waals surface area contributed by atoms with Crippen molar-refractivity contribution in [2.75, 3.05) is 45.7 Å². The fourth-order valence-electron chi connectivity index (χ4n) is 2.83. The molecule has 0 atom stereocenters. The summed E-state index contributed by atoms with van der Waals surface area (Å²) in [6.45, 7) is 3.74. The van der Waals surface area contributed by atoms with Gasteiger partial charge in [0.05, 0.1) is 32.7 Å². The number of amides is 2. The number of hydrogen-bond donors (Lipinski definition) is 1. The Labute approximate surface area is 147 Å². The van der Waals surface area contributed by atoms with E-state index in [4.69, 9.17) is 13.9 Å². The van der Waals surface area contributed by atoms with Crippen LogP contribution in [-0.2, 0) is 6.54 Å². The van der Waals surface area contributed by atoms with E-state index >= 15 is 0 Å². The van der Waals surface area contributed by atoms with Gasteiger partial charge in [-0.05, 0) is 24.3 Å². The molecule has 0 unspecified atom stereocenters. The quantitative estimate of drug-likeness (QED) is 0.902. The van der Waals surface area contributed by atoms with Gasteiger partial charge in [-0.15, -0.1) is 0 Å². The van der Waals surface area contributed by atoms with Gasteiger partial charge < -0.3 is 24.1 Å². The van der Waals surface area contributed by atoms with Crippen molar-refractivity contribution in [1.29, 1.82) is 0 Å². The first-order valence-electron chi connectivity index (χ1n) is 8.22. The highest BCUT2D eigenvalue weighted by atomic mass is 16.5. The van der Waals surface area contributed by atoms with Gasteiger partial charge in [0.1, 0.15) is 17.3 Å². The van der Waals surface area contributed by atoms with Crippen LogP contribution in [0.1, 0.15) is 5.76 Å². The number of furan rings is 1. The maximum Gasteiger partial charge on any atom is 0.322 e. The Balaban J connectivity index is 1.54. The van der Waals surface area contributed by atoms with E-state index in [2.05, 4.69) is 10.2 Å². The molecule has 0 radical (unpaired) electrons. The Morgan fingerprint density at radius 3 is 2.60 bits per heavy atom. The first-order valence-corrected chi connectivity index (χ1v) is 8.22. The number of nitrogens with zero attached hydrogens (tertiary/aromatic N) is 2. The molecule has 1 fully saturated rings. The predicted octanol–water partition coefficient (Wildman–Crippen LogP) is 2.65. The summed E-state index contributed by atoms with van der Waals surface area (Å²) in [5, 5.41) is 2.91. The van der Waals surface area contributed by atoms with Crippen molar-refractivity contribution in [2.45, 2.75) is 6.54 Å². The molecule has 2 amide bonds. The molecule has 2 heterocycles. The first kappa shape index (κ1) is 17.2. The normalized spacial score (nSPS) is 15.0. The van der Waals surface area contributed by atoms with Crippen LogP contribution >= 0.6 is 0 Å². The third-order valence-electron chi connectivity index (χ3n) is 4.27. The number of nitrogens with one attached hydrogen (secondary N) is 1. The number of hydrogen-bond acceptors (Lipinski definition) is 5. The van der Waals surface area contributed by atoms with Crippen LogP contribution in [-0.4, -0.2) is 56.2 Å². The van der Waals surface area contributed by atoms with Crippen molar-refractivity contribution in [2.24, 2.45) is 0 Å². The molecule has 1 saturated heterocycles. The highest BCUT2D eigenvalue weighted by Crippen LogP contribution is 2.29. The second-order valence-electron chi connectivity index (χ2n) is 5.84. The van der Waals surface area contributed by atoms with Crippen molar-refractivity contribution in [3.63, 3.8) is 0 Å². The SMILES string of the molecule is COc1ccc(NC(=O)N2CCN(Cc3ccco3)CC2)c(OC)c1. The van der Waals surface area contributed by atoms with E-state index < -0.39 is 0 Å². The van der Waals surface area contributed by atoms with Crippen molar-refractivity contribution in [3.8, 4) is 11.5 Å². The number of methoxy groups -OCH3 is 2. The molecule has 134 valence electrons. The van der Waals surface area contributed by atoms with Crippen molar-refractivity contribution < 1.29 is 18.7 Å². The average molecular weight is 345 g/mol. The molecule has 0 bridgehead atoms. The van der Waals surface area contributed by atoms with Gasteiger partial charge >= 0.3 is 6.03 Å². The van der Waals surface area contributed by atoms with Crippen LogP contribution in [0.3, 0.4) is 0 Å². The van der Waals surface area contributed by atoms with E-state index in [-0.39, 0.29) is 6.03 Å². The van der Waals surface area contributed by atoms with Crippen LogP contribution in [0.2, 0.25) is 0 Å². The number of piperazine rings is 1. The number of carbonyl (C=O) groups is 1. The third-order valence-corrected chi connectivity index (χ3v) is 4.27. The van der Waals surface area contributed by atoms with Crippen LogP contribution in [0.25, 0.3) is 0 Å². The molecule has 1 aromatic heterocycles. The van der Waals surface area contributed by atoms with Crippen molar-refractivity contribution in [3.05, 3.63) is 42.4 Å². The summed E-state index contributed by atoms with van der Waals surface area (Å²) in [6, 6.07) is 9.05. The molecule has 1 N–H and O–H groups in total. The molecule has 7 heteroatoms. The van der Waals surface area contributed by atoms with E-state index in [1.807, 2.05) is 17.0 Å². The van der Waals surface area contributed by atoms with Gasteiger partial charge in [-0.3, -0.25) is 4.90 Å². The number of rotatable bonds is 5. The van der Waals surface area contributed by atoms with Gasteiger partial charge in [0.2, 0.25) is 0 Å². The fourth-order valence-corrected chi connectivity index (χ4v) is 2.83. The monoisotopic (exact) mass is 345 g/mol. The number of ether oxygens (including phenoxy) is 2. The Morgan fingerprint density at radius 2 is 1.96 bits per heavy atom. The molecular weight excluding hydrogens is 322 g/mol. The number of benzene rings is 1. The lowest BCUT2D eigenvalue weighted by molar-refractivity contribution is 0.137. The summed E-state index contributed by atoms with van der Waals surface area (Å²) in [4.78, 5) is 16.6. The largest absolute Gasteiger partial charge is 0.497 e. The minimum Gasteiger partial charge on any atom is -0.497 e. The van der Waals surface area contributed by atoms with Gasteiger partial charge in [0, 0.05) is 32.2 Å². The van der Waals surface area contributed by atoms with Crippen LogP contribution in [0.5, 0.6) is 11.5 Å². The maximum absolute atomic E-state index is 12.5. The lowest BCUT2D eigenvalue weighted by Gasteiger charge is -2.34. The van der Waals surface area contributed by atoms with Crippen molar-refractivity contribution in [1.82, 2.24) is 9.80 Å². The van der Waals surface area contributed by atoms with E-state index in [0.717, 1.165) is 25.4 Å². The number of anilines is 1. The van der Waals surface area contributed by atoms with Gasteiger partial charge in [0.25, 0.3) is 0 Å². The molecule has 0 spiro atoms. The minimum absolute atomic E-state index is 0.124. The van der Waals surface area contributed by atoms with Gasteiger partial charge in [0.15, 0.2) is 0 Å². The molecule has 1 aliphatic rings. The zero-order chi connectivity index (χ0) is 17.6. The molecule has 3 rings (SSSR count). The predicted molar refractivity (Wildman–Crippen MR) is 94.1 cm³/mol. The summed E-state index contributed by atoms with van der Waals surface area (Å²) < 4.78 is 15.9. The van der Waals surface area contributed by atoms with E-state index in [1.54, 1.807) is 38.7 Å².